The predicted molar refractivity (Wildman–Crippen MR) is 77.3 cm³/mol. The zero-order valence-corrected chi connectivity index (χ0v) is 13.8. The summed E-state index contributed by atoms with van der Waals surface area (Å²) in [5.41, 5.74) is 5.52. The van der Waals surface area contributed by atoms with Crippen LogP contribution >= 0.6 is 0 Å². The van der Waals surface area contributed by atoms with Crippen LogP contribution in [0, 0.1) is 19.9 Å². The number of benzene rings is 2. The van der Waals surface area contributed by atoms with Crippen molar-refractivity contribution in [3.05, 3.63) is 71.9 Å². The first kappa shape index (κ1) is 14.7. The van der Waals surface area contributed by atoms with Gasteiger partial charge in [-0.3, -0.25) is 4.68 Å². The van der Waals surface area contributed by atoms with Gasteiger partial charge in [-0.2, -0.15) is 28.9 Å². The van der Waals surface area contributed by atoms with Crippen LogP contribution < -0.4 is 0 Å². The van der Waals surface area contributed by atoms with Crippen LogP contribution in [0.3, 0.4) is 0 Å². The third-order valence-electron chi connectivity index (χ3n) is 3.13. The van der Waals surface area contributed by atoms with Crippen molar-refractivity contribution in [3.63, 3.8) is 0 Å². The third kappa shape index (κ3) is 2.90. The molecule has 0 N–H and O–H groups in total. The molecule has 2 aromatic carbocycles. The van der Waals surface area contributed by atoms with Gasteiger partial charge in [-0.15, -0.1) is 6.07 Å². The molecule has 0 amide bonds. The summed E-state index contributed by atoms with van der Waals surface area (Å²) in [5.74, 6) is 0. The first-order valence-corrected chi connectivity index (χ1v) is 6.34. The quantitative estimate of drug-likeness (QED) is 0.553. The molecule has 0 unspecified atom stereocenters. The molecule has 0 fully saturated rings. The standard InChI is InChI=1S/C17H15N2.Ir/c1-13-7-6-10-16(11-13)19-12-14(2)17(18-19)15-8-4-3-5-9-15;/h3-9,11-12H,1-2H3;/q-1;. The molecule has 3 rings (SSSR count). The molecule has 2 nitrogen and oxygen atoms in total. The first-order valence-electron chi connectivity index (χ1n) is 6.34. The Balaban J connectivity index is 0.00000147. The summed E-state index contributed by atoms with van der Waals surface area (Å²) in [6, 6.07) is 19.5. The van der Waals surface area contributed by atoms with E-state index in [0.29, 0.717) is 0 Å². The molecule has 0 spiro atoms. The third-order valence-corrected chi connectivity index (χ3v) is 3.13. The normalized spacial score (nSPS) is 10.1. The molecule has 0 aliphatic carbocycles. The molecule has 20 heavy (non-hydrogen) atoms. The number of nitrogens with zero attached hydrogens (tertiary/aromatic N) is 2. The zero-order valence-electron chi connectivity index (χ0n) is 11.4. The van der Waals surface area contributed by atoms with Gasteiger partial charge in [0.25, 0.3) is 0 Å². The summed E-state index contributed by atoms with van der Waals surface area (Å²) in [5, 5.41) is 4.68. The number of aryl methyl sites for hydroxylation is 2. The smallest absolute Gasteiger partial charge is 0.0955 e. The number of rotatable bonds is 2. The Morgan fingerprint density at radius 1 is 1.05 bits per heavy atom. The molecular weight excluding hydrogens is 424 g/mol. The van der Waals surface area contributed by atoms with Gasteiger partial charge >= 0.3 is 0 Å². The largest absolute Gasteiger partial charge is 0.265 e. The van der Waals surface area contributed by atoms with Crippen molar-refractivity contribution in [3.8, 4) is 16.9 Å². The average molecular weight is 440 g/mol. The second-order valence-electron chi connectivity index (χ2n) is 4.72. The Labute approximate surface area is 132 Å². The Kier molecular flexibility index (Phi) is 4.53. The van der Waals surface area contributed by atoms with E-state index in [1.807, 2.05) is 41.2 Å². The summed E-state index contributed by atoms with van der Waals surface area (Å²) in [7, 11) is 0. The molecule has 0 saturated heterocycles. The summed E-state index contributed by atoms with van der Waals surface area (Å²) >= 11 is 0. The molecule has 1 heterocycles. The van der Waals surface area contributed by atoms with Crippen molar-refractivity contribution >= 4 is 0 Å². The fourth-order valence-corrected chi connectivity index (χ4v) is 2.16. The van der Waals surface area contributed by atoms with Crippen molar-refractivity contribution in [1.29, 1.82) is 0 Å². The van der Waals surface area contributed by atoms with Gasteiger partial charge in [0.15, 0.2) is 0 Å². The fourth-order valence-electron chi connectivity index (χ4n) is 2.16. The topological polar surface area (TPSA) is 17.8 Å². The summed E-state index contributed by atoms with van der Waals surface area (Å²) in [4.78, 5) is 0. The second-order valence-corrected chi connectivity index (χ2v) is 4.72. The average Bonchev–Trinajstić information content (AvgIpc) is 2.82. The van der Waals surface area contributed by atoms with Gasteiger partial charge in [-0.1, -0.05) is 37.3 Å². The van der Waals surface area contributed by atoms with Crippen molar-refractivity contribution < 1.29 is 20.1 Å². The van der Waals surface area contributed by atoms with Crippen molar-refractivity contribution in [2.45, 2.75) is 13.8 Å². The second kappa shape index (κ2) is 6.17. The van der Waals surface area contributed by atoms with Crippen LogP contribution in [0.25, 0.3) is 16.9 Å². The van der Waals surface area contributed by atoms with E-state index in [9.17, 15) is 0 Å². The van der Waals surface area contributed by atoms with Crippen molar-refractivity contribution in [2.75, 3.05) is 0 Å². The Hall–Kier alpha value is -1.70. The van der Waals surface area contributed by atoms with Crippen LogP contribution in [0.2, 0.25) is 0 Å². The molecule has 0 atom stereocenters. The molecule has 3 aromatic rings. The maximum atomic E-state index is 4.68. The van der Waals surface area contributed by atoms with E-state index in [-0.39, 0.29) is 20.1 Å². The van der Waals surface area contributed by atoms with E-state index in [0.717, 1.165) is 16.9 Å². The number of hydrogen-bond donors (Lipinski definition) is 0. The molecule has 103 valence electrons. The van der Waals surface area contributed by atoms with E-state index in [2.05, 4.69) is 43.2 Å². The van der Waals surface area contributed by atoms with Gasteiger partial charge in [0, 0.05) is 31.9 Å². The minimum absolute atomic E-state index is 0. The fraction of sp³-hybridized carbons (Fsp3) is 0.118. The molecular formula is C17H15IrN2-. The van der Waals surface area contributed by atoms with Gasteiger partial charge < -0.3 is 0 Å². The van der Waals surface area contributed by atoms with Crippen LogP contribution in [-0.2, 0) is 20.1 Å². The molecule has 0 bridgehead atoms. The molecule has 0 saturated carbocycles. The van der Waals surface area contributed by atoms with Crippen LogP contribution in [0.1, 0.15) is 11.1 Å². The van der Waals surface area contributed by atoms with Crippen LogP contribution in [0.4, 0.5) is 0 Å². The van der Waals surface area contributed by atoms with Gasteiger partial charge in [-0.25, -0.2) is 0 Å². The van der Waals surface area contributed by atoms with E-state index in [4.69, 9.17) is 0 Å². The van der Waals surface area contributed by atoms with Crippen LogP contribution in [0.15, 0.2) is 54.7 Å². The van der Waals surface area contributed by atoms with E-state index >= 15 is 0 Å². The summed E-state index contributed by atoms with van der Waals surface area (Å²) in [6.07, 6.45) is 2.05. The van der Waals surface area contributed by atoms with Crippen LogP contribution in [0.5, 0.6) is 0 Å². The van der Waals surface area contributed by atoms with Crippen molar-refractivity contribution in [1.82, 2.24) is 9.78 Å². The first-order chi connectivity index (χ1) is 9.24. The predicted octanol–water partition coefficient (Wildman–Crippen LogP) is 3.95. The minimum atomic E-state index is 0. The van der Waals surface area contributed by atoms with Gasteiger partial charge in [-0.05, 0) is 18.2 Å². The summed E-state index contributed by atoms with van der Waals surface area (Å²) < 4.78 is 1.89. The van der Waals surface area contributed by atoms with E-state index < -0.39 is 0 Å². The van der Waals surface area contributed by atoms with E-state index in [1.165, 1.54) is 11.1 Å². The maximum Gasteiger partial charge on any atom is 0.0955 e. The summed E-state index contributed by atoms with van der Waals surface area (Å²) in [6.45, 7) is 4.16. The molecule has 3 heteroatoms. The zero-order chi connectivity index (χ0) is 13.2. The Bertz CT molecular complexity index is 702. The van der Waals surface area contributed by atoms with Crippen molar-refractivity contribution in [2.24, 2.45) is 0 Å². The molecule has 1 aromatic heterocycles. The maximum absolute atomic E-state index is 4.68. The van der Waals surface area contributed by atoms with Gasteiger partial charge in [0.1, 0.15) is 0 Å². The number of hydrogen-bond acceptors (Lipinski definition) is 1. The molecule has 1 radical (unpaired) electrons. The monoisotopic (exact) mass is 440 g/mol. The number of aromatic nitrogens is 2. The molecule has 0 aliphatic heterocycles. The van der Waals surface area contributed by atoms with Gasteiger partial charge in [0.2, 0.25) is 0 Å². The van der Waals surface area contributed by atoms with Crippen LogP contribution in [-0.4, -0.2) is 9.78 Å². The minimum Gasteiger partial charge on any atom is -0.265 e. The van der Waals surface area contributed by atoms with Gasteiger partial charge in [0.05, 0.1) is 5.69 Å². The Morgan fingerprint density at radius 2 is 1.80 bits per heavy atom. The Morgan fingerprint density at radius 3 is 2.50 bits per heavy atom. The van der Waals surface area contributed by atoms with E-state index in [1.54, 1.807) is 0 Å². The molecule has 0 aliphatic rings. The SMILES string of the molecule is Cc1cc[c-]c(-n2cc(C)c(-c3ccccc3)n2)c1.[Ir].